The lowest BCUT2D eigenvalue weighted by molar-refractivity contribution is 0.164. The molecule has 27 heavy (non-hydrogen) atoms. The molecule has 1 aliphatic rings. The van der Waals surface area contributed by atoms with Crippen LogP contribution in [0.3, 0.4) is 0 Å². The number of fused-ring (bicyclic) bond motifs is 3. The van der Waals surface area contributed by atoms with Gasteiger partial charge in [0.1, 0.15) is 12.4 Å². The molecule has 0 saturated heterocycles. The molecule has 1 unspecified atom stereocenters. The Balaban J connectivity index is 1.31. The first-order chi connectivity index (χ1) is 13.2. The van der Waals surface area contributed by atoms with E-state index in [0.29, 0.717) is 13.2 Å². The van der Waals surface area contributed by atoms with Gasteiger partial charge in [0.05, 0.1) is 6.10 Å². The van der Waals surface area contributed by atoms with E-state index < -0.39 is 6.10 Å². The zero-order valence-electron chi connectivity index (χ0n) is 15.9. The number of nitrogens with one attached hydrogen (secondary N) is 2. The molecule has 1 aliphatic carbocycles. The minimum absolute atomic E-state index is 0.149. The molecule has 3 aromatic rings. The Morgan fingerprint density at radius 3 is 2.78 bits per heavy atom. The van der Waals surface area contributed by atoms with Gasteiger partial charge in [-0.25, -0.2) is 0 Å². The molecule has 0 radical (unpaired) electrons. The molecule has 4 nitrogen and oxygen atoms in total. The van der Waals surface area contributed by atoms with E-state index in [9.17, 15) is 5.11 Å². The van der Waals surface area contributed by atoms with Crippen molar-refractivity contribution < 1.29 is 9.84 Å². The molecule has 1 aromatic heterocycles. The summed E-state index contributed by atoms with van der Waals surface area (Å²) in [6.07, 6.45) is 4.40. The van der Waals surface area contributed by atoms with Gasteiger partial charge in [-0.3, -0.25) is 0 Å². The Morgan fingerprint density at radius 1 is 1.11 bits per heavy atom. The van der Waals surface area contributed by atoms with E-state index in [1.807, 2.05) is 30.3 Å². The van der Waals surface area contributed by atoms with E-state index in [2.05, 4.69) is 35.4 Å². The predicted octanol–water partition coefficient (Wildman–Crippen LogP) is 4.14. The van der Waals surface area contributed by atoms with Crippen LogP contribution >= 0.6 is 0 Å². The molecule has 0 bridgehead atoms. The smallest absolute Gasteiger partial charge is 0.121 e. The summed E-state index contributed by atoms with van der Waals surface area (Å²) in [6, 6.07) is 16.2. The van der Waals surface area contributed by atoms with Crippen LogP contribution in [-0.2, 0) is 12.8 Å². The fourth-order valence-corrected chi connectivity index (χ4v) is 3.87. The van der Waals surface area contributed by atoms with E-state index in [4.69, 9.17) is 4.74 Å². The molecular weight excluding hydrogens is 336 g/mol. The van der Waals surface area contributed by atoms with Gasteiger partial charge in [0.25, 0.3) is 0 Å². The largest absolute Gasteiger partial charge is 0.492 e. The maximum absolute atomic E-state index is 10.2. The maximum Gasteiger partial charge on any atom is 0.121 e. The monoisotopic (exact) mass is 364 g/mol. The van der Waals surface area contributed by atoms with E-state index in [1.54, 1.807) is 0 Å². The molecule has 0 aliphatic heterocycles. The number of aliphatic hydroxyl groups is 1. The van der Waals surface area contributed by atoms with Crippen LogP contribution in [0.1, 0.15) is 42.7 Å². The van der Waals surface area contributed by atoms with E-state index >= 15 is 0 Å². The van der Waals surface area contributed by atoms with Gasteiger partial charge >= 0.3 is 0 Å². The summed E-state index contributed by atoms with van der Waals surface area (Å²) in [5.74, 6) is 0.887. The number of hydrogen-bond donors (Lipinski definition) is 3. The second kappa shape index (κ2) is 8.15. The van der Waals surface area contributed by atoms with Crippen molar-refractivity contribution in [2.75, 3.05) is 13.2 Å². The van der Waals surface area contributed by atoms with Crippen LogP contribution in [0.15, 0.2) is 48.5 Å². The Morgan fingerprint density at radius 2 is 1.93 bits per heavy atom. The molecule has 2 atom stereocenters. The van der Waals surface area contributed by atoms with Crippen LogP contribution in [0, 0.1) is 0 Å². The first kappa shape index (κ1) is 18.1. The van der Waals surface area contributed by atoms with Gasteiger partial charge in [0.2, 0.25) is 0 Å². The number of aryl methyl sites for hydroxylation is 2. The number of ether oxygens (including phenoxy) is 1. The Hall–Kier alpha value is -2.30. The number of benzene rings is 2. The molecule has 0 saturated carbocycles. The van der Waals surface area contributed by atoms with Gasteiger partial charge in [-0.15, -0.1) is 0 Å². The van der Waals surface area contributed by atoms with Crippen LogP contribution in [0.4, 0.5) is 0 Å². The molecule has 142 valence electrons. The van der Waals surface area contributed by atoms with Crippen molar-refractivity contribution in [2.24, 2.45) is 0 Å². The van der Waals surface area contributed by atoms with Gasteiger partial charge in [0.15, 0.2) is 0 Å². The molecule has 0 spiro atoms. The zero-order valence-corrected chi connectivity index (χ0v) is 15.9. The SMILES string of the molecule is CC(COc1ccc2c3c([nH]c2c1)CCCC3)NC[C@H](O)c1ccccc1. The van der Waals surface area contributed by atoms with Gasteiger partial charge in [-0.05, 0) is 55.9 Å². The van der Waals surface area contributed by atoms with E-state index in [1.165, 1.54) is 41.4 Å². The highest BCUT2D eigenvalue weighted by molar-refractivity contribution is 5.86. The maximum atomic E-state index is 10.2. The van der Waals surface area contributed by atoms with Gasteiger partial charge in [-0.1, -0.05) is 30.3 Å². The first-order valence-corrected chi connectivity index (χ1v) is 9.93. The highest BCUT2D eigenvalue weighted by Gasteiger charge is 2.16. The average Bonchev–Trinajstić information content (AvgIpc) is 3.09. The van der Waals surface area contributed by atoms with Crippen LogP contribution in [0.2, 0.25) is 0 Å². The second-order valence-electron chi connectivity index (χ2n) is 7.54. The predicted molar refractivity (Wildman–Crippen MR) is 109 cm³/mol. The number of aromatic amines is 1. The lowest BCUT2D eigenvalue weighted by Crippen LogP contribution is -2.34. The van der Waals surface area contributed by atoms with E-state index in [0.717, 1.165) is 17.7 Å². The summed E-state index contributed by atoms with van der Waals surface area (Å²) in [5.41, 5.74) is 5.00. The third kappa shape index (κ3) is 4.18. The fraction of sp³-hybridized carbons (Fsp3) is 0.391. The van der Waals surface area contributed by atoms with Crippen molar-refractivity contribution in [1.29, 1.82) is 0 Å². The van der Waals surface area contributed by atoms with Gasteiger partial charge in [-0.2, -0.15) is 0 Å². The minimum atomic E-state index is -0.504. The third-order valence-corrected chi connectivity index (χ3v) is 5.41. The van der Waals surface area contributed by atoms with Crippen molar-refractivity contribution in [2.45, 2.75) is 44.8 Å². The molecule has 4 rings (SSSR count). The third-order valence-electron chi connectivity index (χ3n) is 5.41. The molecule has 2 aromatic carbocycles. The van der Waals surface area contributed by atoms with Crippen molar-refractivity contribution >= 4 is 10.9 Å². The highest BCUT2D eigenvalue weighted by Crippen LogP contribution is 2.31. The fourth-order valence-electron chi connectivity index (χ4n) is 3.87. The number of aliphatic hydroxyl groups excluding tert-OH is 1. The second-order valence-corrected chi connectivity index (χ2v) is 7.54. The molecule has 1 heterocycles. The van der Waals surface area contributed by atoms with Crippen molar-refractivity contribution in [3.05, 3.63) is 65.4 Å². The highest BCUT2D eigenvalue weighted by atomic mass is 16.5. The summed E-state index contributed by atoms with van der Waals surface area (Å²) < 4.78 is 5.98. The minimum Gasteiger partial charge on any atom is -0.492 e. The zero-order chi connectivity index (χ0) is 18.6. The Bertz CT molecular complexity index is 888. The Labute approximate surface area is 160 Å². The van der Waals surface area contributed by atoms with Crippen molar-refractivity contribution in [1.82, 2.24) is 10.3 Å². The number of hydrogen-bond acceptors (Lipinski definition) is 3. The molecule has 0 fully saturated rings. The summed E-state index contributed by atoms with van der Waals surface area (Å²) in [7, 11) is 0. The number of aromatic nitrogens is 1. The van der Waals surface area contributed by atoms with Crippen LogP contribution < -0.4 is 10.1 Å². The van der Waals surface area contributed by atoms with Crippen LogP contribution in [0.25, 0.3) is 10.9 Å². The molecule has 0 amide bonds. The normalized spacial score (nSPS) is 16.1. The Kier molecular flexibility index (Phi) is 5.46. The summed E-state index contributed by atoms with van der Waals surface area (Å²) in [5, 5.41) is 14.9. The number of rotatable bonds is 7. The molecule has 4 heteroatoms. The summed E-state index contributed by atoms with van der Waals surface area (Å²) >= 11 is 0. The standard InChI is InChI=1S/C23H28N2O2/c1-16(24-14-23(26)17-7-3-2-4-8-17)15-27-18-11-12-20-19-9-5-6-10-21(19)25-22(20)13-18/h2-4,7-8,11-13,16,23-26H,5-6,9-10,14-15H2,1H3/t16?,23-/m0/s1. The number of H-pyrrole nitrogens is 1. The first-order valence-electron chi connectivity index (χ1n) is 9.93. The molecular formula is C23H28N2O2. The van der Waals surface area contributed by atoms with Gasteiger partial charge in [0, 0.05) is 35.2 Å². The summed E-state index contributed by atoms with van der Waals surface area (Å²) in [4.78, 5) is 3.57. The van der Waals surface area contributed by atoms with Gasteiger partial charge < -0.3 is 20.1 Å². The van der Waals surface area contributed by atoms with Crippen molar-refractivity contribution in [3.63, 3.8) is 0 Å². The molecule has 3 N–H and O–H groups in total. The quantitative estimate of drug-likeness (QED) is 0.591. The van der Waals surface area contributed by atoms with Crippen LogP contribution in [0.5, 0.6) is 5.75 Å². The summed E-state index contributed by atoms with van der Waals surface area (Å²) in [6.45, 7) is 3.15. The van der Waals surface area contributed by atoms with E-state index in [-0.39, 0.29) is 6.04 Å². The van der Waals surface area contributed by atoms with Crippen LogP contribution in [-0.4, -0.2) is 29.3 Å². The lowest BCUT2D eigenvalue weighted by atomic mass is 9.96. The average molecular weight is 364 g/mol. The van der Waals surface area contributed by atoms with Crippen molar-refractivity contribution in [3.8, 4) is 5.75 Å². The lowest BCUT2D eigenvalue weighted by Gasteiger charge is -2.18. The topological polar surface area (TPSA) is 57.3 Å².